The summed E-state index contributed by atoms with van der Waals surface area (Å²) in [6.45, 7) is 2.48. The molecule has 9 heteroatoms. The van der Waals surface area contributed by atoms with E-state index in [-0.39, 0.29) is 10.8 Å². The Morgan fingerprint density at radius 1 is 1.15 bits per heavy atom. The summed E-state index contributed by atoms with van der Waals surface area (Å²) < 4.78 is 52.1. The second kappa shape index (κ2) is 7.71. The molecule has 1 aromatic heterocycles. The number of aromatic nitrogens is 1. The Labute approximate surface area is 158 Å². The summed E-state index contributed by atoms with van der Waals surface area (Å²) in [4.78, 5) is 7.69. The standard InChI is InChI=1S/C18H15ClF4N4/c19-15-8-14(18(21,22)23)10-25-17(15)27-5-3-26(4-6-27)11-13-7-12(9-24)1-2-16(13)20/h1-2,7-8,10H,3-6,11H2. The van der Waals surface area contributed by atoms with Gasteiger partial charge in [-0.15, -0.1) is 0 Å². The van der Waals surface area contributed by atoms with Gasteiger partial charge >= 0.3 is 6.18 Å². The SMILES string of the molecule is N#Cc1ccc(F)c(CN2CCN(c3ncc(C(F)(F)F)cc3Cl)CC2)c1. The second-order valence-electron chi connectivity index (χ2n) is 6.21. The van der Waals surface area contributed by atoms with Gasteiger partial charge in [0.2, 0.25) is 0 Å². The fourth-order valence-electron chi connectivity index (χ4n) is 2.94. The molecule has 1 aliphatic heterocycles. The van der Waals surface area contributed by atoms with Crippen LogP contribution in [0.2, 0.25) is 5.02 Å². The summed E-state index contributed by atoms with van der Waals surface area (Å²) in [5, 5.41) is 8.88. The van der Waals surface area contributed by atoms with Crippen LogP contribution in [0.4, 0.5) is 23.4 Å². The largest absolute Gasteiger partial charge is 0.417 e. The van der Waals surface area contributed by atoms with Gasteiger partial charge in [0.1, 0.15) is 11.6 Å². The molecule has 0 spiro atoms. The molecule has 0 amide bonds. The van der Waals surface area contributed by atoms with E-state index in [2.05, 4.69) is 4.98 Å². The molecule has 0 aliphatic carbocycles. The molecule has 0 atom stereocenters. The summed E-state index contributed by atoms with van der Waals surface area (Å²) in [5.41, 5.74) is -0.0540. The van der Waals surface area contributed by atoms with Crippen LogP contribution in [0, 0.1) is 17.1 Å². The number of anilines is 1. The molecule has 0 unspecified atom stereocenters. The molecule has 0 radical (unpaired) electrons. The second-order valence-corrected chi connectivity index (χ2v) is 6.62. The van der Waals surface area contributed by atoms with Crippen molar-refractivity contribution in [1.82, 2.24) is 9.88 Å². The van der Waals surface area contributed by atoms with Gasteiger partial charge in [0.15, 0.2) is 0 Å². The molecule has 0 saturated carbocycles. The highest BCUT2D eigenvalue weighted by atomic mass is 35.5. The number of benzene rings is 1. The van der Waals surface area contributed by atoms with Crippen LogP contribution in [0.1, 0.15) is 16.7 Å². The third kappa shape index (κ3) is 4.49. The van der Waals surface area contributed by atoms with Gasteiger partial charge in [0.05, 0.1) is 22.2 Å². The lowest BCUT2D eigenvalue weighted by Crippen LogP contribution is -2.46. The lowest BCUT2D eigenvalue weighted by atomic mass is 10.1. The number of nitrogens with zero attached hydrogens (tertiary/aromatic N) is 4. The predicted octanol–water partition coefficient (Wildman–Crippen LogP) is 4.09. The quantitative estimate of drug-likeness (QED) is 0.730. The van der Waals surface area contributed by atoms with E-state index >= 15 is 0 Å². The maximum absolute atomic E-state index is 13.9. The van der Waals surface area contributed by atoms with Crippen LogP contribution in [0.15, 0.2) is 30.5 Å². The number of piperazine rings is 1. The van der Waals surface area contributed by atoms with Crippen molar-refractivity contribution in [1.29, 1.82) is 5.26 Å². The van der Waals surface area contributed by atoms with Gasteiger partial charge in [-0.1, -0.05) is 11.6 Å². The van der Waals surface area contributed by atoms with Crippen molar-refractivity contribution in [2.45, 2.75) is 12.7 Å². The van der Waals surface area contributed by atoms with Crippen molar-refractivity contribution in [3.63, 3.8) is 0 Å². The first-order valence-corrected chi connectivity index (χ1v) is 8.54. The maximum atomic E-state index is 13.9. The van der Waals surface area contributed by atoms with Crippen LogP contribution >= 0.6 is 11.6 Å². The Bertz CT molecular complexity index is 871. The van der Waals surface area contributed by atoms with E-state index in [1.807, 2.05) is 11.0 Å². The van der Waals surface area contributed by atoms with Gasteiger partial charge in [-0.25, -0.2) is 9.37 Å². The lowest BCUT2D eigenvalue weighted by molar-refractivity contribution is -0.137. The smallest absolute Gasteiger partial charge is 0.353 e. The molecule has 0 bridgehead atoms. The number of alkyl halides is 3. The molecule has 1 saturated heterocycles. The first kappa shape index (κ1) is 19.4. The average molecular weight is 399 g/mol. The van der Waals surface area contributed by atoms with Gasteiger partial charge in [-0.2, -0.15) is 18.4 Å². The molecule has 142 valence electrons. The minimum atomic E-state index is -4.49. The summed E-state index contributed by atoms with van der Waals surface area (Å²) in [6.07, 6.45) is -3.72. The monoisotopic (exact) mass is 398 g/mol. The van der Waals surface area contributed by atoms with Crippen LogP contribution in [0.25, 0.3) is 0 Å². The van der Waals surface area contributed by atoms with Gasteiger partial charge in [0.25, 0.3) is 0 Å². The van der Waals surface area contributed by atoms with E-state index in [0.717, 1.165) is 12.3 Å². The molecule has 27 heavy (non-hydrogen) atoms. The fraction of sp³-hybridized carbons (Fsp3) is 0.333. The van der Waals surface area contributed by atoms with Crippen LogP contribution < -0.4 is 4.90 Å². The molecular formula is C18H15ClF4N4. The first-order valence-electron chi connectivity index (χ1n) is 8.16. The Hall–Kier alpha value is -2.37. The van der Waals surface area contributed by atoms with Crippen LogP contribution in [0.3, 0.4) is 0 Å². The highest BCUT2D eigenvalue weighted by Crippen LogP contribution is 2.33. The van der Waals surface area contributed by atoms with Crippen molar-refractivity contribution in [2.24, 2.45) is 0 Å². The number of hydrogen-bond donors (Lipinski definition) is 0. The van der Waals surface area contributed by atoms with Crippen molar-refractivity contribution >= 4 is 17.4 Å². The summed E-state index contributed by atoms with van der Waals surface area (Å²) in [6, 6.07) is 7.08. The summed E-state index contributed by atoms with van der Waals surface area (Å²) in [7, 11) is 0. The lowest BCUT2D eigenvalue weighted by Gasteiger charge is -2.35. The third-order valence-electron chi connectivity index (χ3n) is 4.39. The third-order valence-corrected chi connectivity index (χ3v) is 4.67. The van der Waals surface area contributed by atoms with Gasteiger partial charge in [0, 0.05) is 44.5 Å². The maximum Gasteiger partial charge on any atom is 0.417 e. The predicted molar refractivity (Wildman–Crippen MR) is 92.9 cm³/mol. The molecule has 1 aromatic carbocycles. The van der Waals surface area contributed by atoms with Crippen LogP contribution in [-0.4, -0.2) is 36.1 Å². The minimum Gasteiger partial charge on any atom is -0.353 e. The minimum absolute atomic E-state index is 0.0500. The molecule has 0 N–H and O–H groups in total. The van der Waals surface area contributed by atoms with Crippen LogP contribution in [0.5, 0.6) is 0 Å². The Balaban J connectivity index is 1.65. The highest BCUT2D eigenvalue weighted by molar-refractivity contribution is 6.33. The Morgan fingerprint density at radius 3 is 2.44 bits per heavy atom. The van der Waals surface area contributed by atoms with E-state index in [4.69, 9.17) is 16.9 Å². The molecule has 3 rings (SSSR count). The molecular weight excluding hydrogens is 384 g/mol. The Kier molecular flexibility index (Phi) is 5.53. The number of rotatable bonds is 3. The van der Waals surface area contributed by atoms with Crippen molar-refractivity contribution in [2.75, 3.05) is 31.1 Å². The average Bonchev–Trinajstić information content (AvgIpc) is 2.63. The fourth-order valence-corrected chi connectivity index (χ4v) is 3.23. The normalized spacial score (nSPS) is 15.6. The van der Waals surface area contributed by atoms with Crippen molar-refractivity contribution in [3.05, 3.63) is 58.0 Å². The van der Waals surface area contributed by atoms with Gasteiger partial charge < -0.3 is 4.90 Å². The molecule has 1 fully saturated rings. The van der Waals surface area contributed by atoms with E-state index < -0.39 is 11.7 Å². The topological polar surface area (TPSA) is 43.2 Å². The molecule has 2 heterocycles. The Morgan fingerprint density at radius 2 is 1.85 bits per heavy atom. The zero-order chi connectivity index (χ0) is 19.6. The number of pyridine rings is 1. The number of nitriles is 1. The number of halogens is 5. The summed E-state index contributed by atoms with van der Waals surface area (Å²) in [5.74, 6) is -0.0640. The molecule has 1 aliphatic rings. The van der Waals surface area contributed by atoms with Crippen molar-refractivity contribution < 1.29 is 17.6 Å². The van der Waals surface area contributed by atoms with Crippen LogP contribution in [-0.2, 0) is 12.7 Å². The zero-order valence-corrected chi connectivity index (χ0v) is 14.9. The van der Waals surface area contributed by atoms with E-state index in [1.54, 1.807) is 4.90 Å². The van der Waals surface area contributed by atoms with Crippen molar-refractivity contribution in [3.8, 4) is 6.07 Å². The summed E-state index contributed by atoms with van der Waals surface area (Å²) >= 11 is 5.99. The van der Waals surface area contributed by atoms with Gasteiger partial charge in [-0.05, 0) is 24.3 Å². The highest BCUT2D eigenvalue weighted by Gasteiger charge is 2.32. The van der Waals surface area contributed by atoms with E-state index in [9.17, 15) is 17.6 Å². The van der Waals surface area contributed by atoms with E-state index in [0.29, 0.717) is 49.7 Å². The molecule has 2 aromatic rings. The zero-order valence-electron chi connectivity index (χ0n) is 14.1. The van der Waals surface area contributed by atoms with E-state index in [1.165, 1.54) is 18.2 Å². The molecule has 4 nitrogen and oxygen atoms in total. The number of hydrogen-bond acceptors (Lipinski definition) is 4. The van der Waals surface area contributed by atoms with Gasteiger partial charge in [-0.3, -0.25) is 4.90 Å². The first-order chi connectivity index (χ1) is 12.8.